The first-order valence-corrected chi connectivity index (χ1v) is 11.0. The van der Waals surface area contributed by atoms with Crippen molar-refractivity contribution in [1.82, 2.24) is 0 Å². The summed E-state index contributed by atoms with van der Waals surface area (Å²) in [6, 6.07) is 28.1. The third-order valence-corrected chi connectivity index (χ3v) is 5.59. The zero-order valence-electron chi connectivity index (χ0n) is 15.9. The molecule has 0 aromatic heterocycles. The Morgan fingerprint density at radius 1 is 0.857 bits per heavy atom. The highest BCUT2D eigenvalue weighted by atomic mass is 32.2. The van der Waals surface area contributed by atoms with E-state index < -0.39 is 10.1 Å². The number of nitrogens with zero attached hydrogens (tertiary/aromatic N) is 1. The average Bonchev–Trinajstić information content (AvgIpc) is 2.72. The van der Waals surface area contributed by atoms with Crippen LogP contribution in [0.25, 0.3) is 11.1 Å². The van der Waals surface area contributed by atoms with Gasteiger partial charge < -0.3 is 4.90 Å². The molecular weight excluding hydrogens is 370 g/mol. The summed E-state index contributed by atoms with van der Waals surface area (Å²) in [5.74, 6) is -0.276. The molecule has 0 aliphatic heterocycles. The van der Waals surface area contributed by atoms with Gasteiger partial charge in [0.15, 0.2) is 0 Å². The lowest BCUT2D eigenvalue weighted by atomic mass is 10.00. The van der Waals surface area contributed by atoms with Crippen LogP contribution in [0, 0.1) is 0 Å². The van der Waals surface area contributed by atoms with E-state index in [1.165, 1.54) is 0 Å². The SMILES string of the molecule is CCN(c1cccc(-c2ccccc2)c1)C(CCS(=O)(=O)O)c1ccccc1. The minimum atomic E-state index is -4.03. The van der Waals surface area contributed by atoms with Crippen LogP contribution in [0.4, 0.5) is 5.69 Å². The van der Waals surface area contributed by atoms with E-state index in [4.69, 9.17) is 0 Å². The fourth-order valence-corrected chi connectivity index (χ4v) is 4.04. The molecule has 0 aliphatic carbocycles. The molecular formula is C23H25NO3S. The highest BCUT2D eigenvalue weighted by molar-refractivity contribution is 7.85. The predicted octanol–water partition coefficient (Wildman–Crippen LogP) is 5.20. The third-order valence-electron chi connectivity index (χ3n) is 4.84. The molecule has 3 rings (SSSR count). The second kappa shape index (κ2) is 9.04. The molecule has 0 aliphatic rings. The van der Waals surface area contributed by atoms with E-state index in [0.717, 1.165) is 22.4 Å². The Morgan fingerprint density at radius 3 is 2.07 bits per heavy atom. The monoisotopic (exact) mass is 395 g/mol. The summed E-state index contributed by atoms with van der Waals surface area (Å²) in [6.45, 7) is 2.77. The van der Waals surface area contributed by atoms with Gasteiger partial charge in [-0.05, 0) is 42.2 Å². The number of benzene rings is 3. The highest BCUT2D eigenvalue weighted by Gasteiger charge is 2.22. The summed E-state index contributed by atoms with van der Waals surface area (Å²) in [4.78, 5) is 2.19. The van der Waals surface area contributed by atoms with E-state index in [1.54, 1.807) is 0 Å². The van der Waals surface area contributed by atoms with Crippen LogP contribution < -0.4 is 4.90 Å². The van der Waals surface area contributed by atoms with Crippen molar-refractivity contribution in [2.24, 2.45) is 0 Å². The first kappa shape index (κ1) is 20.1. The molecule has 5 heteroatoms. The second-order valence-electron chi connectivity index (χ2n) is 6.70. The molecule has 0 saturated carbocycles. The summed E-state index contributed by atoms with van der Waals surface area (Å²) in [6.07, 6.45) is 0.312. The maximum absolute atomic E-state index is 11.4. The predicted molar refractivity (Wildman–Crippen MR) is 115 cm³/mol. The quantitative estimate of drug-likeness (QED) is 0.533. The minimum absolute atomic E-state index is 0.154. The lowest BCUT2D eigenvalue weighted by molar-refractivity contribution is 0.475. The van der Waals surface area contributed by atoms with Crippen LogP contribution in [0.3, 0.4) is 0 Å². The molecule has 146 valence electrons. The topological polar surface area (TPSA) is 57.6 Å². The molecule has 0 bridgehead atoms. The van der Waals surface area contributed by atoms with Crippen molar-refractivity contribution in [2.45, 2.75) is 19.4 Å². The van der Waals surface area contributed by atoms with E-state index in [-0.39, 0.29) is 11.8 Å². The average molecular weight is 396 g/mol. The second-order valence-corrected chi connectivity index (χ2v) is 8.28. The summed E-state index contributed by atoms with van der Waals surface area (Å²) < 4.78 is 32.1. The van der Waals surface area contributed by atoms with Gasteiger partial charge in [-0.3, -0.25) is 4.55 Å². The Kier molecular flexibility index (Phi) is 6.49. The van der Waals surface area contributed by atoms with E-state index in [0.29, 0.717) is 13.0 Å². The Labute approximate surface area is 167 Å². The molecule has 1 unspecified atom stereocenters. The Hall–Kier alpha value is -2.63. The molecule has 28 heavy (non-hydrogen) atoms. The minimum Gasteiger partial charge on any atom is -0.365 e. The molecule has 0 heterocycles. The van der Waals surface area contributed by atoms with Crippen molar-refractivity contribution in [3.05, 3.63) is 90.5 Å². The summed E-state index contributed by atoms with van der Waals surface area (Å²) >= 11 is 0. The standard InChI is InChI=1S/C23H25NO3S/c1-2-24(22-15-9-14-21(18-22)19-10-5-3-6-11-19)23(16-17-28(25,26)27)20-12-7-4-8-13-20/h3-15,18,23H,2,16-17H2,1H3,(H,25,26,27). The number of hydrogen-bond donors (Lipinski definition) is 1. The van der Waals surface area contributed by atoms with Gasteiger partial charge in [0.25, 0.3) is 10.1 Å². The fraction of sp³-hybridized carbons (Fsp3) is 0.217. The molecule has 0 saturated heterocycles. The van der Waals surface area contributed by atoms with Gasteiger partial charge in [0.1, 0.15) is 0 Å². The molecule has 0 fully saturated rings. The van der Waals surface area contributed by atoms with Gasteiger partial charge in [-0.1, -0.05) is 72.8 Å². The third kappa shape index (κ3) is 5.21. The van der Waals surface area contributed by atoms with E-state index in [2.05, 4.69) is 36.1 Å². The van der Waals surface area contributed by atoms with Crippen LogP contribution in [0.15, 0.2) is 84.9 Å². The van der Waals surface area contributed by atoms with Crippen molar-refractivity contribution in [3.8, 4) is 11.1 Å². The van der Waals surface area contributed by atoms with E-state index in [9.17, 15) is 13.0 Å². The molecule has 1 atom stereocenters. The molecule has 0 radical (unpaired) electrons. The van der Waals surface area contributed by atoms with Crippen LogP contribution in [-0.2, 0) is 10.1 Å². The normalized spacial score (nSPS) is 12.5. The Bertz CT molecular complexity index is 989. The summed E-state index contributed by atoms with van der Waals surface area (Å²) in [7, 11) is -4.03. The van der Waals surface area contributed by atoms with Crippen LogP contribution in [0.2, 0.25) is 0 Å². The Balaban J connectivity index is 1.98. The number of anilines is 1. The first-order valence-electron chi connectivity index (χ1n) is 9.40. The zero-order chi connectivity index (χ0) is 20.0. The molecule has 0 amide bonds. The number of rotatable bonds is 8. The molecule has 3 aromatic rings. The largest absolute Gasteiger partial charge is 0.365 e. The molecule has 0 spiro atoms. The first-order chi connectivity index (χ1) is 13.5. The van der Waals surface area contributed by atoms with Gasteiger partial charge in [-0.15, -0.1) is 0 Å². The summed E-state index contributed by atoms with van der Waals surface area (Å²) in [5, 5.41) is 0. The van der Waals surface area contributed by atoms with Crippen molar-refractivity contribution >= 4 is 15.8 Å². The van der Waals surface area contributed by atoms with Gasteiger partial charge in [0.05, 0.1) is 11.8 Å². The summed E-state index contributed by atoms with van der Waals surface area (Å²) in [5.41, 5.74) is 4.29. The van der Waals surface area contributed by atoms with E-state index in [1.807, 2.05) is 60.7 Å². The maximum atomic E-state index is 11.4. The fourth-order valence-electron chi connectivity index (χ4n) is 3.52. The lowest BCUT2D eigenvalue weighted by Crippen LogP contribution is -2.30. The Morgan fingerprint density at radius 2 is 1.46 bits per heavy atom. The lowest BCUT2D eigenvalue weighted by Gasteiger charge is -2.33. The van der Waals surface area contributed by atoms with E-state index >= 15 is 0 Å². The smallest absolute Gasteiger partial charge is 0.264 e. The van der Waals surface area contributed by atoms with Gasteiger partial charge >= 0.3 is 0 Å². The van der Waals surface area contributed by atoms with Gasteiger partial charge in [0.2, 0.25) is 0 Å². The van der Waals surface area contributed by atoms with Crippen LogP contribution in [0.1, 0.15) is 24.9 Å². The molecule has 3 aromatic carbocycles. The van der Waals surface area contributed by atoms with Crippen molar-refractivity contribution in [2.75, 3.05) is 17.2 Å². The zero-order valence-corrected chi connectivity index (χ0v) is 16.7. The van der Waals surface area contributed by atoms with Gasteiger partial charge in [-0.2, -0.15) is 8.42 Å². The van der Waals surface area contributed by atoms with Crippen molar-refractivity contribution < 1.29 is 13.0 Å². The van der Waals surface area contributed by atoms with Crippen molar-refractivity contribution in [3.63, 3.8) is 0 Å². The van der Waals surface area contributed by atoms with Crippen LogP contribution in [-0.4, -0.2) is 25.3 Å². The molecule has 1 N–H and O–H groups in total. The maximum Gasteiger partial charge on any atom is 0.264 e. The van der Waals surface area contributed by atoms with Gasteiger partial charge in [0, 0.05) is 12.2 Å². The molecule has 4 nitrogen and oxygen atoms in total. The highest BCUT2D eigenvalue weighted by Crippen LogP contribution is 2.32. The van der Waals surface area contributed by atoms with Gasteiger partial charge in [-0.25, -0.2) is 0 Å². The number of hydrogen-bond acceptors (Lipinski definition) is 3. The van der Waals surface area contributed by atoms with Crippen LogP contribution >= 0.6 is 0 Å². The van der Waals surface area contributed by atoms with Crippen molar-refractivity contribution in [1.29, 1.82) is 0 Å². The van der Waals surface area contributed by atoms with Crippen LogP contribution in [0.5, 0.6) is 0 Å².